The summed E-state index contributed by atoms with van der Waals surface area (Å²) in [5.74, 6) is 1.52. The van der Waals surface area contributed by atoms with Gasteiger partial charge in [-0.1, -0.05) is 22.0 Å². The maximum atomic E-state index is 11.9. The molecule has 1 amide bonds. The Morgan fingerprint density at radius 2 is 2.00 bits per heavy atom. The number of nitrogens with zero attached hydrogens (tertiary/aromatic N) is 1. The minimum absolute atomic E-state index is 0.0294. The predicted molar refractivity (Wildman–Crippen MR) is 79.1 cm³/mol. The molecule has 0 aliphatic heterocycles. The van der Waals surface area contributed by atoms with E-state index < -0.39 is 4.32 Å². The van der Waals surface area contributed by atoms with Gasteiger partial charge in [0, 0.05) is 13.1 Å². The zero-order chi connectivity index (χ0) is 14.5. The number of carbonyl (C=O) groups is 1. The summed E-state index contributed by atoms with van der Waals surface area (Å²) in [4.78, 5) is 13.6. The molecule has 0 N–H and O–H groups in total. The molecule has 0 radical (unpaired) electrons. The molecule has 106 valence electrons. The lowest BCUT2D eigenvalue weighted by Gasteiger charge is -2.24. The summed E-state index contributed by atoms with van der Waals surface area (Å²) in [5, 5.41) is 0. The van der Waals surface area contributed by atoms with Gasteiger partial charge in [-0.2, -0.15) is 0 Å². The molecule has 0 spiro atoms. The van der Waals surface area contributed by atoms with Crippen molar-refractivity contribution >= 4 is 21.8 Å². The van der Waals surface area contributed by atoms with Crippen LogP contribution in [0.3, 0.4) is 0 Å². The molecule has 19 heavy (non-hydrogen) atoms. The molecule has 0 heterocycles. The van der Waals surface area contributed by atoms with Crippen molar-refractivity contribution in [2.75, 3.05) is 27.3 Å². The molecule has 0 aromatic heterocycles. The first-order valence-electron chi connectivity index (χ1n) is 6.06. The van der Waals surface area contributed by atoms with Crippen LogP contribution in [0.15, 0.2) is 24.3 Å². The van der Waals surface area contributed by atoms with Gasteiger partial charge >= 0.3 is 0 Å². The Morgan fingerprint density at radius 1 is 1.37 bits per heavy atom. The standard InChI is InChI=1S/C14H20BrNO3/c1-14(2,15)13(17)16(3)8-9-19-12-7-5-6-11(10-12)18-4/h5-7,10H,8-9H2,1-4H3. The quantitative estimate of drug-likeness (QED) is 0.753. The number of rotatable bonds is 6. The Balaban J connectivity index is 2.43. The molecule has 5 heteroatoms. The van der Waals surface area contributed by atoms with Gasteiger partial charge in [-0.25, -0.2) is 0 Å². The topological polar surface area (TPSA) is 38.8 Å². The molecular weight excluding hydrogens is 310 g/mol. The zero-order valence-corrected chi connectivity index (χ0v) is 13.4. The van der Waals surface area contributed by atoms with E-state index in [2.05, 4.69) is 15.9 Å². The number of alkyl halides is 1. The lowest BCUT2D eigenvalue weighted by atomic mass is 10.2. The Labute approximate surface area is 122 Å². The third kappa shape index (κ3) is 5.11. The third-order valence-electron chi connectivity index (χ3n) is 2.59. The summed E-state index contributed by atoms with van der Waals surface area (Å²) in [6, 6.07) is 7.40. The molecule has 1 aromatic carbocycles. The average Bonchev–Trinajstić information content (AvgIpc) is 2.37. The second-order valence-corrected chi connectivity index (χ2v) is 6.71. The Kier molecular flexibility index (Phi) is 5.66. The summed E-state index contributed by atoms with van der Waals surface area (Å²) in [6.07, 6.45) is 0. The Bertz CT molecular complexity index is 429. The van der Waals surface area contributed by atoms with Crippen molar-refractivity contribution < 1.29 is 14.3 Å². The van der Waals surface area contributed by atoms with Gasteiger partial charge in [-0.05, 0) is 26.0 Å². The Morgan fingerprint density at radius 3 is 2.58 bits per heavy atom. The van der Waals surface area contributed by atoms with Crippen LogP contribution in [0, 0.1) is 0 Å². The van der Waals surface area contributed by atoms with Crippen LogP contribution in [0.5, 0.6) is 11.5 Å². The molecule has 0 fully saturated rings. The van der Waals surface area contributed by atoms with Crippen molar-refractivity contribution in [1.82, 2.24) is 4.90 Å². The fourth-order valence-electron chi connectivity index (χ4n) is 1.55. The van der Waals surface area contributed by atoms with Gasteiger partial charge in [-0.15, -0.1) is 0 Å². The summed E-state index contributed by atoms with van der Waals surface area (Å²) in [6.45, 7) is 4.63. The van der Waals surface area contributed by atoms with Crippen LogP contribution in [0.1, 0.15) is 13.8 Å². The molecule has 0 atom stereocenters. The molecule has 0 unspecified atom stereocenters. The normalized spacial score (nSPS) is 11.0. The maximum absolute atomic E-state index is 11.9. The second-order valence-electron chi connectivity index (χ2n) is 4.73. The molecule has 0 saturated heterocycles. The number of amides is 1. The van der Waals surface area contributed by atoms with E-state index in [-0.39, 0.29) is 5.91 Å². The van der Waals surface area contributed by atoms with Crippen molar-refractivity contribution in [1.29, 1.82) is 0 Å². The summed E-state index contributed by atoms with van der Waals surface area (Å²) in [7, 11) is 3.38. The molecule has 0 aliphatic carbocycles. The molecule has 1 aromatic rings. The number of ether oxygens (including phenoxy) is 2. The van der Waals surface area contributed by atoms with Crippen LogP contribution >= 0.6 is 15.9 Å². The highest BCUT2D eigenvalue weighted by atomic mass is 79.9. The highest BCUT2D eigenvalue weighted by molar-refractivity contribution is 9.10. The van der Waals surface area contributed by atoms with Crippen LogP contribution in [-0.4, -0.2) is 42.4 Å². The van der Waals surface area contributed by atoms with E-state index in [1.54, 1.807) is 19.1 Å². The molecule has 0 aliphatic rings. The molecule has 4 nitrogen and oxygen atoms in total. The smallest absolute Gasteiger partial charge is 0.238 e. The SMILES string of the molecule is COc1cccc(OCCN(C)C(=O)C(C)(C)Br)c1. The number of likely N-dealkylation sites (N-methyl/N-ethyl adjacent to an activating group) is 1. The first-order chi connectivity index (χ1) is 8.84. The number of hydrogen-bond donors (Lipinski definition) is 0. The van der Waals surface area contributed by atoms with E-state index in [4.69, 9.17) is 9.47 Å². The van der Waals surface area contributed by atoms with Gasteiger partial charge in [0.25, 0.3) is 0 Å². The molecule has 0 bridgehead atoms. The van der Waals surface area contributed by atoms with E-state index in [9.17, 15) is 4.79 Å². The van der Waals surface area contributed by atoms with Crippen LogP contribution < -0.4 is 9.47 Å². The zero-order valence-electron chi connectivity index (χ0n) is 11.8. The predicted octanol–water partition coefficient (Wildman–Crippen LogP) is 2.71. The fraction of sp³-hybridized carbons (Fsp3) is 0.500. The summed E-state index contributed by atoms with van der Waals surface area (Å²) < 4.78 is 10.2. The minimum Gasteiger partial charge on any atom is -0.497 e. The highest BCUT2D eigenvalue weighted by Crippen LogP contribution is 2.20. The second kappa shape index (κ2) is 6.80. The van der Waals surface area contributed by atoms with Gasteiger partial charge in [-0.3, -0.25) is 4.79 Å². The average molecular weight is 330 g/mol. The van der Waals surface area contributed by atoms with Crippen molar-refractivity contribution in [2.24, 2.45) is 0 Å². The van der Waals surface area contributed by atoms with Crippen LogP contribution in [-0.2, 0) is 4.79 Å². The van der Waals surface area contributed by atoms with Gasteiger partial charge in [0.05, 0.1) is 18.0 Å². The maximum Gasteiger partial charge on any atom is 0.238 e. The van der Waals surface area contributed by atoms with Crippen LogP contribution in [0.2, 0.25) is 0 Å². The first kappa shape index (κ1) is 15.8. The third-order valence-corrected chi connectivity index (χ3v) is 2.93. The number of methoxy groups -OCH3 is 1. The number of hydrogen-bond acceptors (Lipinski definition) is 3. The number of carbonyl (C=O) groups excluding carboxylic acids is 1. The molecule has 0 saturated carbocycles. The van der Waals surface area contributed by atoms with Crippen molar-refractivity contribution in [2.45, 2.75) is 18.2 Å². The monoisotopic (exact) mass is 329 g/mol. The first-order valence-corrected chi connectivity index (χ1v) is 6.85. The molecular formula is C14H20BrNO3. The number of benzene rings is 1. The lowest BCUT2D eigenvalue weighted by Crippen LogP contribution is -2.41. The van der Waals surface area contributed by atoms with Gasteiger partial charge in [0.2, 0.25) is 5.91 Å². The van der Waals surface area contributed by atoms with Gasteiger partial charge in [0.15, 0.2) is 0 Å². The summed E-state index contributed by atoms with van der Waals surface area (Å²) >= 11 is 3.35. The van der Waals surface area contributed by atoms with E-state index in [0.717, 1.165) is 11.5 Å². The van der Waals surface area contributed by atoms with Gasteiger partial charge < -0.3 is 14.4 Å². The largest absolute Gasteiger partial charge is 0.497 e. The van der Waals surface area contributed by atoms with Crippen molar-refractivity contribution in [3.8, 4) is 11.5 Å². The van der Waals surface area contributed by atoms with E-state index in [1.807, 2.05) is 38.1 Å². The highest BCUT2D eigenvalue weighted by Gasteiger charge is 2.26. The fourth-order valence-corrected chi connectivity index (χ4v) is 1.85. The van der Waals surface area contributed by atoms with E-state index in [0.29, 0.717) is 13.2 Å². The minimum atomic E-state index is -0.544. The van der Waals surface area contributed by atoms with E-state index >= 15 is 0 Å². The van der Waals surface area contributed by atoms with Crippen LogP contribution in [0.25, 0.3) is 0 Å². The van der Waals surface area contributed by atoms with Crippen LogP contribution in [0.4, 0.5) is 0 Å². The van der Waals surface area contributed by atoms with Gasteiger partial charge in [0.1, 0.15) is 18.1 Å². The molecule has 1 rings (SSSR count). The van der Waals surface area contributed by atoms with Crippen molar-refractivity contribution in [3.63, 3.8) is 0 Å². The van der Waals surface area contributed by atoms with E-state index in [1.165, 1.54) is 0 Å². The Hall–Kier alpha value is -1.23. The summed E-state index contributed by atoms with van der Waals surface area (Å²) in [5.41, 5.74) is 0. The van der Waals surface area contributed by atoms with Crippen molar-refractivity contribution in [3.05, 3.63) is 24.3 Å². The number of halogens is 1. The lowest BCUT2D eigenvalue weighted by molar-refractivity contribution is -0.131.